The molecule has 67 heavy (non-hydrogen) atoms. The van der Waals surface area contributed by atoms with Gasteiger partial charge >= 0.3 is 11.9 Å². The zero-order valence-corrected chi connectivity index (χ0v) is 44.2. The number of carbonyl (C=O) groups excluding carboxylic acids is 2. The molecule has 0 amide bonds. The van der Waals surface area contributed by atoms with Crippen molar-refractivity contribution in [1.82, 2.24) is 14.5 Å². The zero-order chi connectivity index (χ0) is 48.3. The van der Waals surface area contributed by atoms with Gasteiger partial charge in [0, 0.05) is 49.7 Å². The average Bonchev–Trinajstić information content (AvgIpc) is 3.90. The predicted molar refractivity (Wildman–Crippen MR) is 264 cm³/mol. The summed E-state index contributed by atoms with van der Waals surface area (Å²) in [5, 5.41) is 15.2. The quantitative estimate of drug-likeness (QED) is 0.186. The summed E-state index contributed by atoms with van der Waals surface area (Å²) in [5.41, 5.74) is 1.35. The molecule has 7 saturated carbocycles. The second-order valence-electron chi connectivity index (χ2n) is 26.4. The normalized spacial score (nSPS) is 41.9. The minimum atomic E-state index is -3.30. The van der Waals surface area contributed by atoms with E-state index in [1.807, 2.05) is 51.1 Å². The van der Waals surface area contributed by atoms with Gasteiger partial charge < -0.3 is 19.9 Å². The van der Waals surface area contributed by atoms with E-state index < -0.39 is 26.8 Å². The number of sulfonamides is 1. The molecular weight excluding hydrogens is 859 g/mol. The summed E-state index contributed by atoms with van der Waals surface area (Å²) in [7, 11) is -3.30. The van der Waals surface area contributed by atoms with E-state index in [1.165, 1.54) is 57.8 Å². The fourth-order valence-electron chi connectivity index (χ4n) is 17.7. The molecule has 8 aliphatic rings. The van der Waals surface area contributed by atoms with Gasteiger partial charge in [-0.05, 0) is 166 Å². The Kier molecular flexibility index (Phi) is 12.9. The highest BCUT2D eigenvalue weighted by Crippen LogP contribution is 2.78. The highest BCUT2D eigenvalue weighted by Gasteiger charge is 2.72. The Balaban J connectivity index is 0.881. The van der Waals surface area contributed by atoms with Gasteiger partial charge in [0.15, 0.2) is 0 Å². The van der Waals surface area contributed by atoms with Gasteiger partial charge in [-0.25, -0.2) is 8.42 Å². The number of fused-ring (bicyclic) bond motifs is 7. The van der Waals surface area contributed by atoms with Gasteiger partial charge in [0.2, 0.25) is 10.0 Å². The first kappa shape index (κ1) is 49.9. The molecule has 1 aromatic carbocycles. The van der Waals surface area contributed by atoms with Crippen molar-refractivity contribution in [2.45, 2.75) is 195 Å². The smallest absolute Gasteiger partial charge is 0.309 e. The van der Waals surface area contributed by atoms with E-state index in [0.717, 1.165) is 31.4 Å². The number of hydrogen-bond donors (Lipinski definition) is 2. The highest BCUT2D eigenvalue weighted by molar-refractivity contribution is 7.89. The van der Waals surface area contributed by atoms with E-state index in [9.17, 15) is 23.1 Å². The molecule has 376 valence electrons. The number of rotatable bonds is 13. The van der Waals surface area contributed by atoms with E-state index in [4.69, 9.17) is 9.47 Å². The van der Waals surface area contributed by atoms with Gasteiger partial charge in [0.1, 0.15) is 12.7 Å². The molecule has 14 atom stereocenters. The third kappa shape index (κ3) is 8.02. The number of hydrogen-bond acceptors (Lipinski definition) is 9. The van der Waals surface area contributed by atoms with Crippen molar-refractivity contribution in [3.63, 3.8) is 0 Å². The maximum Gasteiger partial charge on any atom is 0.309 e. The lowest BCUT2D eigenvalue weighted by Gasteiger charge is -2.73. The lowest BCUT2D eigenvalue weighted by molar-refractivity contribution is -0.250. The zero-order valence-electron chi connectivity index (χ0n) is 43.4. The molecule has 0 spiro atoms. The minimum Gasteiger partial charge on any atom is -0.462 e. The van der Waals surface area contributed by atoms with Gasteiger partial charge in [0.25, 0.3) is 0 Å². The number of ether oxygens (including phenoxy) is 2. The van der Waals surface area contributed by atoms with Crippen molar-refractivity contribution >= 4 is 22.0 Å². The van der Waals surface area contributed by atoms with E-state index in [2.05, 4.69) is 51.8 Å². The van der Waals surface area contributed by atoms with Crippen LogP contribution in [0, 0.1) is 73.9 Å². The van der Waals surface area contributed by atoms with Crippen molar-refractivity contribution in [1.29, 1.82) is 0 Å². The molecule has 0 bridgehead atoms. The molecule has 2 N–H and O–H groups in total. The summed E-state index contributed by atoms with van der Waals surface area (Å²) in [6, 6.07) is 9.71. The summed E-state index contributed by atoms with van der Waals surface area (Å²) in [4.78, 5) is 29.7. The first-order valence-electron chi connectivity index (χ1n) is 26.9. The van der Waals surface area contributed by atoms with Gasteiger partial charge in [-0.3, -0.25) is 14.5 Å². The van der Waals surface area contributed by atoms with Crippen LogP contribution in [0.5, 0.6) is 0 Å². The number of nitrogens with zero attached hydrogens (tertiary/aromatic N) is 2. The topological polar surface area (TPSA) is 125 Å². The summed E-state index contributed by atoms with van der Waals surface area (Å²) >= 11 is 0. The van der Waals surface area contributed by atoms with Crippen LogP contribution in [0.2, 0.25) is 0 Å². The van der Waals surface area contributed by atoms with Crippen molar-refractivity contribution in [3.8, 4) is 0 Å². The summed E-state index contributed by atoms with van der Waals surface area (Å²) < 4.78 is 40.1. The van der Waals surface area contributed by atoms with Crippen molar-refractivity contribution in [2.75, 3.05) is 32.7 Å². The molecule has 0 unspecified atom stereocenters. The monoisotopic (exact) mass is 948 g/mol. The fourth-order valence-corrected chi connectivity index (χ4v) is 19.0. The van der Waals surface area contributed by atoms with E-state index in [1.54, 1.807) is 18.2 Å². The van der Waals surface area contributed by atoms with Gasteiger partial charge in [-0.1, -0.05) is 85.7 Å². The first-order chi connectivity index (χ1) is 31.4. The summed E-state index contributed by atoms with van der Waals surface area (Å²) in [6.07, 6.45) is 14.3. The van der Waals surface area contributed by atoms with Gasteiger partial charge in [-0.15, -0.1) is 0 Å². The molecule has 1 saturated heterocycles. The number of carbonyl (C=O) groups is 2. The van der Waals surface area contributed by atoms with Crippen LogP contribution in [-0.4, -0.2) is 96.4 Å². The lowest BCUT2D eigenvalue weighted by Crippen LogP contribution is -2.69. The third-order valence-electron chi connectivity index (χ3n) is 22.5. The molecule has 1 heterocycles. The fraction of sp³-hybridized carbons (Fsp3) is 0.857. The first-order valence-corrected chi connectivity index (χ1v) is 28.4. The predicted octanol–water partition coefficient (Wildman–Crippen LogP) is 9.63. The second kappa shape index (κ2) is 17.3. The van der Waals surface area contributed by atoms with Crippen LogP contribution in [0.3, 0.4) is 0 Å². The molecule has 10 nitrogen and oxygen atoms in total. The molecule has 7 aliphatic carbocycles. The van der Waals surface area contributed by atoms with Crippen LogP contribution >= 0.6 is 0 Å². The van der Waals surface area contributed by atoms with Crippen molar-refractivity contribution in [3.05, 3.63) is 35.9 Å². The van der Waals surface area contributed by atoms with E-state index in [-0.39, 0.29) is 69.7 Å². The highest BCUT2D eigenvalue weighted by atomic mass is 32.2. The standard InChI is InChI=1S/C56H89N3O7S/c1-36(2)67(63,64)59-31-29-58(30-32-59)43(37(3)60)34-57-56-24-19-39(52(8)25-26-52)47(56)40-17-18-45-53(9)22-21-46(51(6,7)44(53)20-23-55(45,11)54(40,10)27-28-56)66-49(62)42-33-41(50(42,4)5)48(61)65-35-38-15-13-12-14-16-38/h12-16,36-37,39-47,57,60H,17-35H2,1-11H3/t37-,39-,40-,41+,42-,43-,44+,45-,46+,47-,53+,54-,55-,56+/m1/s1. The maximum atomic E-state index is 14.1. The minimum absolute atomic E-state index is 0.0576. The Morgan fingerprint density at radius 1 is 0.731 bits per heavy atom. The van der Waals surface area contributed by atoms with E-state index >= 15 is 0 Å². The average molecular weight is 948 g/mol. The second-order valence-corrected chi connectivity index (χ2v) is 28.9. The molecule has 0 aromatic heterocycles. The molecular formula is C56H89N3O7S. The Morgan fingerprint density at radius 2 is 1.40 bits per heavy atom. The van der Waals surface area contributed by atoms with Gasteiger partial charge in [0.05, 0.1) is 23.2 Å². The largest absolute Gasteiger partial charge is 0.462 e. The number of benzene rings is 1. The molecule has 1 aliphatic heterocycles. The summed E-state index contributed by atoms with van der Waals surface area (Å²) in [5.74, 6) is 2.04. The Hall–Kier alpha value is -2.05. The maximum absolute atomic E-state index is 14.1. The Labute approximate surface area is 405 Å². The van der Waals surface area contributed by atoms with Crippen LogP contribution in [0.4, 0.5) is 0 Å². The SMILES string of the molecule is CC(C)S(=O)(=O)N1CCN([C@H](CN[C@]23CC[C@@H](C4(C)CC4)[C@@H]2[C@H]2CC[C@@H]4[C@@]5(C)CC[C@H](OC(=O)[C@H]6C[C@@H](C(=O)OCc7ccccc7)C6(C)C)C(C)(C)[C@@H]5CC[C@@]4(C)[C@]2(C)CC3)[C@@H](C)O)CC1. The van der Waals surface area contributed by atoms with Crippen LogP contribution in [0.25, 0.3) is 0 Å². The molecule has 1 aromatic rings. The number of aliphatic hydroxyl groups excluding tert-OH is 1. The van der Waals surface area contributed by atoms with Crippen LogP contribution in [0.15, 0.2) is 30.3 Å². The third-order valence-corrected chi connectivity index (χ3v) is 24.8. The van der Waals surface area contributed by atoms with Gasteiger partial charge in [-0.2, -0.15) is 4.31 Å². The van der Waals surface area contributed by atoms with Crippen LogP contribution < -0.4 is 5.32 Å². The number of piperazine rings is 1. The Morgan fingerprint density at radius 3 is 2.03 bits per heavy atom. The van der Waals surface area contributed by atoms with Crippen molar-refractivity contribution in [2.24, 2.45) is 73.9 Å². The molecule has 9 rings (SSSR count). The molecule has 11 heteroatoms. The molecule has 8 fully saturated rings. The number of esters is 2. The Bertz CT molecular complexity index is 2120. The number of aliphatic hydroxyl groups is 1. The lowest BCUT2D eigenvalue weighted by atomic mass is 9.32. The van der Waals surface area contributed by atoms with Crippen LogP contribution in [0.1, 0.15) is 165 Å². The summed E-state index contributed by atoms with van der Waals surface area (Å²) in [6.45, 7) is 28.2. The van der Waals surface area contributed by atoms with Crippen molar-refractivity contribution < 1.29 is 32.6 Å². The van der Waals surface area contributed by atoms with Crippen LogP contribution in [-0.2, 0) is 35.7 Å². The number of nitrogens with one attached hydrogen (secondary N) is 1. The van der Waals surface area contributed by atoms with E-state index in [0.29, 0.717) is 67.6 Å². The molecule has 0 radical (unpaired) electrons.